The fourth-order valence-corrected chi connectivity index (χ4v) is 1.86. The number of hydrogen-bond donors (Lipinski definition) is 0. The fourth-order valence-electron chi connectivity index (χ4n) is 1.86. The van der Waals surface area contributed by atoms with Crippen molar-refractivity contribution in [3.63, 3.8) is 0 Å². The van der Waals surface area contributed by atoms with E-state index in [0.717, 1.165) is 6.42 Å². The lowest BCUT2D eigenvalue weighted by molar-refractivity contribution is -0.384. The molecule has 0 aliphatic rings. The van der Waals surface area contributed by atoms with E-state index in [-0.39, 0.29) is 11.5 Å². The van der Waals surface area contributed by atoms with Crippen LogP contribution in [-0.2, 0) is 0 Å². The molecule has 0 saturated carbocycles. The summed E-state index contributed by atoms with van der Waals surface area (Å²) in [6, 6.07) is 4.28. The second kappa shape index (κ2) is 6.55. The molecule has 0 bridgehead atoms. The summed E-state index contributed by atoms with van der Waals surface area (Å²) in [4.78, 5) is 23.8. The Morgan fingerprint density at radius 3 is 2.68 bits per heavy atom. The molecule has 100 valence electrons. The molecule has 0 heterocycles. The van der Waals surface area contributed by atoms with Crippen LogP contribution in [0, 0.1) is 22.5 Å². The van der Waals surface area contributed by atoms with E-state index in [4.69, 9.17) is 6.42 Å². The molecule has 1 aromatic rings. The SMILES string of the molecule is C#CCN(CCC)c1ccc([N+](=O)[O-])cc1C(C)=O. The van der Waals surface area contributed by atoms with E-state index in [1.165, 1.54) is 19.1 Å². The first-order chi connectivity index (χ1) is 9.01. The Morgan fingerprint density at radius 1 is 1.53 bits per heavy atom. The highest BCUT2D eigenvalue weighted by atomic mass is 16.6. The summed E-state index contributed by atoms with van der Waals surface area (Å²) in [5.41, 5.74) is 0.891. The third-order valence-electron chi connectivity index (χ3n) is 2.69. The predicted molar refractivity (Wildman–Crippen MR) is 74.4 cm³/mol. The maximum atomic E-state index is 11.7. The van der Waals surface area contributed by atoms with Crippen molar-refractivity contribution in [1.82, 2.24) is 0 Å². The summed E-state index contributed by atoms with van der Waals surface area (Å²) < 4.78 is 0. The molecule has 0 amide bonds. The molecule has 0 aliphatic carbocycles. The zero-order valence-corrected chi connectivity index (χ0v) is 11.0. The van der Waals surface area contributed by atoms with Crippen LogP contribution in [0.3, 0.4) is 0 Å². The lowest BCUT2D eigenvalue weighted by atomic mass is 10.1. The van der Waals surface area contributed by atoms with Gasteiger partial charge in [0.15, 0.2) is 5.78 Å². The first kappa shape index (κ1) is 14.7. The van der Waals surface area contributed by atoms with Crippen LogP contribution in [0.2, 0.25) is 0 Å². The van der Waals surface area contributed by atoms with Crippen molar-refractivity contribution >= 4 is 17.2 Å². The largest absolute Gasteiger partial charge is 0.360 e. The molecule has 0 saturated heterocycles. The number of ketones is 1. The summed E-state index contributed by atoms with van der Waals surface area (Å²) in [7, 11) is 0. The molecule has 1 rings (SSSR count). The van der Waals surface area contributed by atoms with Gasteiger partial charge in [0.2, 0.25) is 0 Å². The van der Waals surface area contributed by atoms with E-state index >= 15 is 0 Å². The van der Waals surface area contributed by atoms with Crippen LogP contribution >= 0.6 is 0 Å². The number of benzene rings is 1. The lowest BCUT2D eigenvalue weighted by Gasteiger charge is -2.23. The van der Waals surface area contributed by atoms with Crippen molar-refractivity contribution in [3.8, 4) is 12.3 Å². The highest BCUT2D eigenvalue weighted by molar-refractivity contribution is 6.00. The van der Waals surface area contributed by atoms with Crippen LogP contribution in [0.4, 0.5) is 11.4 Å². The van der Waals surface area contributed by atoms with Crippen molar-refractivity contribution in [2.24, 2.45) is 0 Å². The molecular formula is C14H16N2O3. The number of non-ortho nitro benzene ring substituents is 1. The predicted octanol–water partition coefficient (Wildman–Crippen LogP) is 2.65. The number of nitro benzene ring substituents is 1. The molecule has 19 heavy (non-hydrogen) atoms. The molecule has 0 fully saturated rings. The molecular weight excluding hydrogens is 244 g/mol. The van der Waals surface area contributed by atoms with Gasteiger partial charge in [-0.25, -0.2) is 0 Å². The highest BCUT2D eigenvalue weighted by Gasteiger charge is 2.17. The lowest BCUT2D eigenvalue weighted by Crippen LogP contribution is -2.26. The number of anilines is 1. The zero-order chi connectivity index (χ0) is 14.4. The van der Waals surface area contributed by atoms with E-state index in [0.29, 0.717) is 24.3 Å². The van der Waals surface area contributed by atoms with E-state index < -0.39 is 4.92 Å². The van der Waals surface area contributed by atoms with E-state index in [1.54, 1.807) is 6.07 Å². The number of nitro groups is 1. The van der Waals surface area contributed by atoms with E-state index in [1.807, 2.05) is 11.8 Å². The minimum absolute atomic E-state index is 0.0916. The maximum absolute atomic E-state index is 11.7. The number of hydrogen-bond acceptors (Lipinski definition) is 4. The van der Waals surface area contributed by atoms with Crippen molar-refractivity contribution < 1.29 is 9.72 Å². The molecule has 0 N–H and O–H groups in total. The molecule has 0 atom stereocenters. The highest BCUT2D eigenvalue weighted by Crippen LogP contribution is 2.26. The Kier molecular flexibility index (Phi) is 5.07. The maximum Gasteiger partial charge on any atom is 0.270 e. The van der Waals surface area contributed by atoms with E-state index in [9.17, 15) is 14.9 Å². The average molecular weight is 260 g/mol. The summed E-state index contributed by atoms with van der Waals surface area (Å²) in [6.07, 6.45) is 6.19. The Balaban J connectivity index is 3.29. The van der Waals surface area contributed by atoms with Gasteiger partial charge in [-0.2, -0.15) is 0 Å². The van der Waals surface area contributed by atoms with Crippen molar-refractivity contribution in [2.75, 3.05) is 18.0 Å². The van der Waals surface area contributed by atoms with Gasteiger partial charge in [-0.15, -0.1) is 6.42 Å². The van der Waals surface area contributed by atoms with Crippen LogP contribution < -0.4 is 4.90 Å². The third-order valence-corrected chi connectivity index (χ3v) is 2.69. The topological polar surface area (TPSA) is 63.4 Å². The second-order valence-corrected chi connectivity index (χ2v) is 4.14. The van der Waals surface area contributed by atoms with Gasteiger partial charge in [-0.3, -0.25) is 14.9 Å². The molecule has 0 radical (unpaired) electrons. The summed E-state index contributed by atoms with van der Waals surface area (Å²) >= 11 is 0. The van der Waals surface area contributed by atoms with Crippen molar-refractivity contribution in [2.45, 2.75) is 20.3 Å². The smallest absolute Gasteiger partial charge is 0.270 e. The Morgan fingerprint density at radius 2 is 2.21 bits per heavy atom. The molecule has 0 aliphatic heterocycles. The monoisotopic (exact) mass is 260 g/mol. The van der Waals surface area contributed by atoms with Gasteiger partial charge in [-0.1, -0.05) is 12.8 Å². The Bertz CT molecular complexity index is 532. The van der Waals surface area contributed by atoms with Gasteiger partial charge in [0.05, 0.1) is 11.5 Å². The first-order valence-corrected chi connectivity index (χ1v) is 5.99. The van der Waals surface area contributed by atoms with Crippen LogP contribution in [0.15, 0.2) is 18.2 Å². The van der Waals surface area contributed by atoms with Gasteiger partial charge >= 0.3 is 0 Å². The minimum Gasteiger partial charge on any atom is -0.360 e. The average Bonchev–Trinajstić information content (AvgIpc) is 2.37. The van der Waals surface area contributed by atoms with Gasteiger partial charge in [0.25, 0.3) is 5.69 Å². The molecule has 0 spiro atoms. The number of carbonyl (C=O) groups is 1. The number of carbonyl (C=O) groups excluding carboxylic acids is 1. The zero-order valence-electron chi connectivity index (χ0n) is 11.0. The molecule has 1 aromatic carbocycles. The minimum atomic E-state index is -0.512. The van der Waals surface area contributed by atoms with Crippen LogP contribution in [-0.4, -0.2) is 23.8 Å². The van der Waals surface area contributed by atoms with E-state index in [2.05, 4.69) is 5.92 Å². The Labute approximate surface area is 112 Å². The quantitative estimate of drug-likeness (QED) is 0.341. The van der Waals surface area contributed by atoms with Crippen molar-refractivity contribution in [3.05, 3.63) is 33.9 Å². The van der Waals surface area contributed by atoms with Crippen LogP contribution in [0.5, 0.6) is 0 Å². The van der Waals surface area contributed by atoms with Crippen LogP contribution in [0.1, 0.15) is 30.6 Å². The molecule has 5 nitrogen and oxygen atoms in total. The number of Topliss-reactive ketones (excluding diaryl/α,β-unsaturated/α-hetero) is 1. The van der Waals surface area contributed by atoms with Crippen LogP contribution in [0.25, 0.3) is 0 Å². The number of rotatable bonds is 6. The molecule has 0 aromatic heterocycles. The Hall–Kier alpha value is -2.35. The number of terminal acetylenes is 1. The normalized spacial score (nSPS) is 9.74. The summed E-state index contributed by atoms with van der Waals surface area (Å²) in [5, 5.41) is 10.8. The van der Waals surface area contributed by atoms with Gasteiger partial charge in [-0.05, 0) is 19.4 Å². The fraction of sp³-hybridized carbons (Fsp3) is 0.357. The van der Waals surface area contributed by atoms with Gasteiger partial charge < -0.3 is 4.90 Å². The van der Waals surface area contributed by atoms with Gasteiger partial charge in [0, 0.05) is 29.9 Å². The standard InChI is InChI=1S/C14H16N2O3/c1-4-8-15(9-5-2)14-7-6-12(16(18)19)10-13(14)11(3)17/h1,6-7,10H,5,8-9H2,2-3H3. The number of nitrogens with zero attached hydrogens (tertiary/aromatic N) is 2. The second-order valence-electron chi connectivity index (χ2n) is 4.14. The van der Waals surface area contributed by atoms with Gasteiger partial charge in [0.1, 0.15) is 0 Å². The van der Waals surface area contributed by atoms with Crippen molar-refractivity contribution in [1.29, 1.82) is 0 Å². The summed E-state index contributed by atoms with van der Waals surface area (Å²) in [6.45, 7) is 4.46. The first-order valence-electron chi connectivity index (χ1n) is 5.99. The summed E-state index contributed by atoms with van der Waals surface area (Å²) in [5.74, 6) is 2.32. The molecule has 5 heteroatoms. The third kappa shape index (κ3) is 3.55. The molecule has 0 unspecified atom stereocenters.